The van der Waals surface area contributed by atoms with E-state index < -0.39 is 34.3 Å². The molecule has 1 atom stereocenters. The van der Waals surface area contributed by atoms with E-state index in [1.165, 1.54) is 29.2 Å². The monoisotopic (exact) mass is 605 g/mol. The molecule has 1 aliphatic rings. The predicted octanol–water partition coefficient (Wildman–Crippen LogP) is 5.80. The van der Waals surface area contributed by atoms with E-state index in [-0.39, 0.29) is 29.1 Å². The number of rotatable bonds is 10. The quantitative estimate of drug-likeness (QED) is 0.316. The summed E-state index contributed by atoms with van der Waals surface area (Å²) in [6.07, 6.45) is 3.75. The molecule has 4 rings (SSSR count). The number of nitrogens with one attached hydrogen (secondary N) is 1. The Labute approximate surface area is 243 Å². The van der Waals surface area contributed by atoms with Gasteiger partial charge in [-0.25, -0.2) is 12.8 Å². The summed E-state index contributed by atoms with van der Waals surface area (Å²) in [5.41, 5.74) is 0.524. The maximum Gasteiger partial charge on any atom is 0.264 e. The van der Waals surface area contributed by atoms with Gasteiger partial charge in [0.15, 0.2) is 0 Å². The van der Waals surface area contributed by atoms with Gasteiger partial charge in [0.25, 0.3) is 10.0 Å². The molecule has 1 N–H and O–H groups in total. The van der Waals surface area contributed by atoms with Crippen molar-refractivity contribution >= 4 is 50.7 Å². The second-order valence-electron chi connectivity index (χ2n) is 9.69. The zero-order valence-corrected chi connectivity index (χ0v) is 24.2. The summed E-state index contributed by atoms with van der Waals surface area (Å²) in [5, 5.41) is 3.62. The van der Waals surface area contributed by atoms with Gasteiger partial charge in [-0.3, -0.25) is 13.9 Å². The highest BCUT2D eigenvalue weighted by Gasteiger charge is 2.34. The number of sulfonamides is 1. The number of amides is 2. The van der Waals surface area contributed by atoms with Crippen LogP contribution in [0.3, 0.4) is 0 Å². The molecule has 0 unspecified atom stereocenters. The topological polar surface area (TPSA) is 86.8 Å². The molecule has 40 heavy (non-hydrogen) atoms. The van der Waals surface area contributed by atoms with Crippen molar-refractivity contribution in [2.24, 2.45) is 0 Å². The summed E-state index contributed by atoms with van der Waals surface area (Å²) >= 11 is 12.8. The Kier molecular flexibility index (Phi) is 9.71. The summed E-state index contributed by atoms with van der Waals surface area (Å²) < 4.78 is 42.1. The minimum absolute atomic E-state index is 0.0185. The second kappa shape index (κ2) is 13.0. The lowest BCUT2D eigenvalue weighted by molar-refractivity contribution is -0.139. The lowest BCUT2D eigenvalue weighted by Crippen LogP contribution is -2.52. The van der Waals surface area contributed by atoms with Gasteiger partial charge in [-0.2, -0.15) is 0 Å². The van der Waals surface area contributed by atoms with E-state index in [0.29, 0.717) is 15.6 Å². The zero-order valence-electron chi connectivity index (χ0n) is 21.9. The van der Waals surface area contributed by atoms with Crippen LogP contribution in [0.5, 0.6) is 0 Å². The van der Waals surface area contributed by atoms with Crippen LogP contribution in [0.4, 0.5) is 10.1 Å². The number of carbonyl (C=O) groups excluding carboxylic acids is 2. The molecular weight excluding hydrogens is 576 g/mol. The van der Waals surface area contributed by atoms with Gasteiger partial charge in [0, 0.05) is 28.2 Å². The molecule has 1 fully saturated rings. The maximum atomic E-state index is 14.0. The maximum absolute atomic E-state index is 14.0. The lowest BCUT2D eigenvalue weighted by Gasteiger charge is -2.33. The van der Waals surface area contributed by atoms with Crippen LogP contribution in [0.15, 0.2) is 77.7 Å². The fraction of sp³-hybridized carbons (Fsp3) is 0.310. The molecule has 0 spiro atoms. The minimum Gasteiger partial charge on any atom is -0.352 e. The Bertz CT molecular complexity index is 1430. The zero-order chi connectivity index (χ0) is 28.9. The number of hydrogen-bond acceptors (Lipinski definition) is 4. The molecule has 3 aromatic rings. The van der Waals surface area contributed by atoms with Gasteiger partial charge in [-0.15, -0.1) is 0 Å². The van der Waals surface area contributed by atoms with Crippen LogP contribution in [0.1, 0.15) is 38.2 Å². The molecule has 0 radical (unpaired) electrons. The second-order valence-corrected chi connectivity index (χ2v) is 12.4. The van der Waals surface area contributed by atoms with Gasteiger partial charge in [-0.1, -0.05) is 60.3 Å². The van der Waals surface area contributed by atoms with Crippen molar-refractivity contribution in [1.29, 1.82) is 0 Å². The van der Waals surface area contributed by atoms with Gasteiger partial charge in [0.1, 0.15) is 18.4 Å². The Hall–Kier alpha value is -3.14. The van der Waals surface area contributed by atoms with Crippen LogP contribution in [0.2, 0.25) is 10.0 Å². The van der Waals surface area contributed by atoms with E-state index in [4.69, 9.17) is 23.2 Å². The smallest absolute Gasteiger partial charge is 0.264 e. The molecule has 0 aromatic heterocycles. The van der Waals surface area contributed by atoms with Crippen LogP contribution in [-0.2, 0) is 26.2 Å². The third kappa shape index (κ3) is 6.95. The standard InChI is InChI=1S/C29H30Cl2FN3O4S/c1-20(29(37)33-22-8-5-6-9-22)34(18-25-26(30)12-7-13-27(25)31)28(36)19-35(23-16-14-21(32)15-17-23)40(38,39)24-10-3-2-4-11-24/h2-4,7,10-17,20,22H,5-6,8-9,18-19H2,1H3,(H,33,37)/t20-/m1/s1. The number of anilines is 1. The largest absolute Gasteiger partial charge is 0.352 e. The van der Waals surface area contributed by atoms with Crippen LogP contribution < -0.4 is 9.62 Å². The highest BCUT2D eigenvalue weighted by atomic mass is 35.5. The van der Waals surface area contributed by atoms with Crippen molar-refractivity contribution < 1.29 is 22.4 Å². The fourth-order valence-electron chi connectivity index (χ4n) is 4.68. The lowest BCUT2D eigenvalue weighted by atomic mass is 10.1. The van der Waals surface area contributed by atoms with Crippen molar-refractivity contribution in [3.05, 3.63) is 94.2 Å². The SMILES string of the molecule is C[C@H](C(=O)NC1CCCC1)N(Cc1c(Cl)cccc1Cl)C(=O)CN(c1ccc(F)cc1)S(=O)(=O)c1ccccc1. The van der Waals surface area contributed by atoms with Crippen molar-refractivity contribution in [1.82, 2.24) is 10.2 Å². The summed E-state index contributed by atoms with van der Waals surface area (Å²) in [4.78, 5) is 28.5. The van der Waals surface area contributed by atoms with Gasteiger partial charge in [-0.05, 0) is 68.3 Å². The third-order valence-corrected chi connectivity index (χ3v) is 9.48. The molecule has 1 aliphatic carbocycles. The normalized spacial score (nSPS) is 14.5. The predicted molar refractivity (Wildman–Crippen MR) is 154 cm³/mol. The van der Waals surface area contributed by atoms with Gasteiger partial charge in [0.05, 0.1) is 10.6 Å². The fourth-order valence-corrected chi connectivity index (χ4v) is 6.64. The van der Waals surface area contributed by atoms with E-state index in [0.717, 1.165) is 42.1 Å². The van der Waals surface area contributed by atoms with Gasteiger partial charge in [0.2, 0.25) is 11.8 Å². The summed E-state index contributed by atoms with van der Waals surface area (Å²) in [6, 6.07) is 16.4. The average molecular weight is 607 g/mol. The molecule has 0 aliphatic heterocycles. The molecule has 3 aromatic carbocycles. The molecule has 7 nitrogen and oxygen atoms in total. The molecule has 0 saturated heterocycles. The first-order valence-electron chi connectivity index (χ1n) is 12.9. The Morgan fingerprint density at radius 3 is 2.15 bits per heavy atom. The molecule has 1 saturated carbocycles. The summed E-state index contributed by atoms with van der Waals surface area (Å²) in [7, 11) is -4.24. The van der Waals surface area contributed by atoms with E-state index in [9.17, 15) is 22.4 Å². The number of halogens is 3. The average Bonchev–Trinajstić information content (AvgIpc) is 3.45. The molecule has 2 amide bonds. The van der Waals surface area contributed by atoms with Crippen molar-refractivity contribution in [3.8, 4) is 0 Å². The number of nitrogens with zero attached hydrogens (tertiary/aromatic N) is 2. The molecule has 11 heteroatoms. The highest BCUT2D eigenvalue weighted by Crippen LogP contribution is 2.28. The van der Waals surface area contributed by atoms with Gasteiger partial charge < -0.3 is 10.2 Å². The van der Waals surface area contributed by atoms with E-state index >= 15 is 0 Å². The Morgan fingerprint density at radius 1 is 0.950 bits per heavy atom. The van der Waals surface area contributed by atoms with Crippen LogP contribution in [-0.4, -0.2) is 43.8 Å². The van der Waals surface area contributed by atoms with Crippen LogP contribution in [0.25, 0.3) is 0 Å². The molecule has 212 valence electrons. The van der Waals surface area contributed by atoms with Crippen molar-refractivity contribution in [2.75, 3.05) is 10.8 Å². The number of carbonyl (C=O) groups is 2. The first-order valence-corrected chi connectivity index (χ1v) is 15.1. The molecule has 0 bridgehead atoms. The minimum atomic E-state index is -4.24. The number of hydrogen-bond donors (Lipinski definition) is 1. The van der Waals surface area contributed by atoms with Crippen molar-refractivity contribution in [3.63, 3.8) is 0 Å². The molecule has 0 heterocycles. The van der Waals surface area contributed by atoms with E-state index in [1.54, 1.807) is 43.3 Å². The van der Waals surface area contributed by atoms with Crippen LogP contribution >= 0.6 is 23.2 Å². The van der Waals surface area contributed by atoms with Crippen LogP contribution in [0, 0.1) is 5.82 Å². The Morgan fingerprint density at radius 2 is 1.55 bits per heavy atom. The summed E-state index contributed by atoms with van der Waals surface area (Å²) in [6.45, 7) is 0.812. The Balaban J connectivity index is 1.70. The number of benzene rings is 3. The van der Waals surface area contributed by atoms with E-state index in [2.05, 4.69) is 5.32 Å². The van der Waals surface area contributed by atoms with Crippen molar-refractivity contribution in [2.45, 2.75) is 56.1 Å². The molecular formula is C29H30Cl2FN3O4S. The van der Waals surface area contributed by atoms with E-state index in [1.807, 2.05) is 0 Å². The summed E-state index contributed by atoms with van der Waals surface area (Å²) in [5.74, 6) is -1.57. The highest BCUT2D eigenvalue weighted by molar-refractivity contribution is 7.92. The first kappa shape index (κ1) is 29.8. The first-order chi connectivity index (χ1) is 19.1. The third-order valence-electron chi connectivity index (χ3n) is 6.98. The van der Waals surface area contributed by atoms with Gasteiger partial charge >= 0.3 is 0 Å².